The van der Waals surface area contributed by atoms with Gasteiger partial charge in [-0.1, -0.05) is 24.3 Å². The van der Waals surface area contributed by atoms with Crippen molar-refractivity contribution in [1.82, 2.24) is 29.3 Å². The molecule has 1 aromatic carbocycles. The second-order valence-electron chi connectivity index (χ2n) is 5.85. The molecule has 26 heavy (non-hydrogen) atoms. The van der Waals surface area contributed by atoms with Gasteiger partial charge in [0.05, 0.1) is 0 Å². The highest BCUT2D eigenvalue weighted by Crippen LogP contribution is 2.17. The summed E-state index contributed by atoms with van der Waals surface area (Å²) >= 11 is 0. The van der Waals surface area contributed by atoms with Crippen molar-refractivity contribution >= 4 is 11.6 Å². The molecule has 3 rings (SSSR count). The number of aromatic nitrogens is 6. The summed E-state index contributed by atoms with van der Waals surface area (Å²) < 4.78 is 1.87. The minimum Gasteiger partial charge on any atom is -0.384 e. The number of nitrogen functional groups attached to an aromatic ring is 1. The number of tetrazole rings is 1. The monoisotopic (exact) mass is 355 g/mol. The zero-order chi connectivity index (χ0) is 19.0. The molecule has 0 atom stereocenters. The molecule has 0 aliphatic rings. The molecule has 0 radical (unpaired) electrons. The second-order valence-corrected chi connectivity index (χ2v) is 5.85. The van der Waals surface area contributed by atoms with Crippen molar-refractivity contribution in [3.05, 3.63) is 56.2 Å². The van der Waals surface area contributed by atoms with Crippen LogP contribution in [0.4, 0.5) is 5.82 Å². The van der Waals surface area contributed by atoms with Crippen LogP contribution in [0.3, 0.4) is 0 Å². The Bertz CT molecular complexity index is 1120. The Balaban J connectivity index is 1.95. The summed E-state index contributed by atoms with van der Waals surface area (Å²) in [5.74, 6) is -0.424. The average molecular weight is 355 g/mol. The summed E-state index contributed by atoms with van der Waals surface area (Å²) in [5, 5.41) is 12.0. The first-order valence-corrected chi connectivity index (χ1v) is 7.73. The summed E-state index contributed by atoms with van der Waals surface area (Å²) in [7, 11) is 2.67. The predicted molar refractivity (Wildman–Crippen MR) is 93.7 cm³/mol. The van der Waals surface area contributed by atoms with Crippen LogP contribution < -0.4 is 17.0 Å². The molecule has 0 bridgehead atoms. The highest BCUT2D eigenvalue weighted by atomic mass is 16.2. The first-order chi connectivity index (χ1) is 12.3. The van der Waals surface area contributed by atoms with Crippen LogP contribution in [-0.4, -0.2) is 35.1 Å². The fourth-order valence-corrected chi connectivity index (χ4v) is 2.57. The number of benzene rings is 1. The number of anilines is 1. The van der Waals surface area contributed by atoms with E-state index in [1.807, 2.05) is 31.2 Å². The van der Waals surface area contributed by atoms with E-state index in [1.54, 1.807) is 0 Å². The van der Waals surface area contributed by atoms with Crippen molar-refractivity contribution in [2.24, 2.45) is 14.1 Å². The lowest BCUT2D eigenvalue weighted by molar-refractivity contribution is 0.0959. The molecule has 0 fully saturated rings. The molecule has 134 valence electrons. The second kappa shape index (κ2) is 6.39. The molecule has 2 N–H and O–H groups in total. The van der Waals surface area contributed by atoms with E-state index in [9.17, 15) is 14.4 Å². The Labute approximate surface area is 147 Å². The molecule has 0 aliphatic heterocycles. The number of aryl methyl sites for hydroxylation is 1. The van der Waals surface area contributed by atoms with Gasteiger partial charge in [-0.05, 0) is 17.7 Å². The molecule has 0 aliphatic carbocycles. The van der Waals surface area contributed by atoms with Crippen molar-refractivity contribution in [1.29, 1.82) is 0 Å². The molecule has 0 saturated carbocycles. The minimum absolute atomic E-state index is 0.192. The van der Waals surface area contributed by atoms with Crippen LogP contribution in [0.5, 0.6) is 0 Å². The van der Waals surface area contributed by atoms with Crippen molar-refractivity contribution in [3.63, 3.8) is 0 Å². The molecule has 2 heterocycles. The number of rotatable bonds is 4. The van der Waals surface area contributed by atoms with Crippen LogP contribution >= 0.6 is 0 Å². The van der Waals surface area contributed by atoms with E-state index in [4.69, 9.17) is 5.73 Å². The van der Waals surface area contributed by atoms with Gasteiger partial charge in [-0.15, -0.1) is 10.2 Å². The normalized spacial score (nSPS) is 10.9. The molecule has 3 aromatic rings. The molecule has 0 saturated heterocycles. The molecular weight excluding hydrogens is 338 g/mol. The summed E-state index contributed by atoms with van der Waals surface area (Å²) in [6.45, 7) is 1.59. The van der Waals surface area contributed by atoms with Gasteiger partial charge in [0.2, 0.25) is 5.82 Å². The zero-order valence-corrected chi connectivity index (χ0v) is 14.5. The fourth-order valence-electron chi connectivity index (χ4n) is 2.57. The van der Waals surface area contributed by atoms with E-state index in [1.165, 1.54) is 14.1 Å². The van der Waals surface area contributed by atoms with E-state index in [0.29, 0.717) is 5.82 Å². The summed E-state index contributed by atoms with van der Waals surface area (Å²) in [6.07, 6.45) is 0. The van der Waals surface area contributed by atoms with Crippen molar-refractivity contribution in [2.75, 3.05) is 5.73 Å². The largest absolute Gasteiger partial charge is 0.384 e. The molecule has 0 unspecified atom stereocenters. The van der Waals surface area contributed by atoms with Gasteiger partial charge in [0.1, 0.15) is 17.9 Å². The third kappa shape index (κ3) is 2.81. The number of ketones is 1. The van der Waals surface area contributed by atoms with Gasteiger partial charge >= 0.3 is 5.69 Å². The zero-order valence-electron chi connectivity index (χ0n) is 14.5. The number of Topliss-reactive ketones (excluding diaryl/α,β-unsaturated/α-hetero) is 1. The highest BCUT2D eigenvalue weighted by Gasteiger charge is 2.21. The SMILES string of the molecule is Cc1ccccc1-c1nnn(CC(=O)c2c(N)n(C)c(=O)n(C)c2=O)n1. The number of hydrogen-bond acceptors (Lipinski definition) is 7. The van der Waals surface area contributed by atoms with Gasteiger partial charge in [0.25, 0.3) is 5.56 Å². The Morgan fingerprint density at radius 3 is 2.54 bits per heavy atom. The topological polar surface area (TPSA) is 131 Å². The molecular formula is C16H17N7O3. The molecule has 10 heteroatoms. The van der Waals surface area contributed by atoms with Crippen molar-refractivity contribution in [2.45, 2.75) is 13.5 Å². The van der Waals surface area contributed by atoms with Crippen LogP contribution in [0.25, 0.3) is 11.4 Å². The van der Waals surface area contributed by atoms with Gasteiger partial charge in [0, 0.05) is 19.7 Å². The van der Waals surface area contributed by atoms with Crippen molar-refractivity contribution < 1.29 is 4.79 Å². The maximum atomic E-state index is 12.5. The van der Waals surface area contributed by atoms with E-state index in [-0.39, 0.29) is 17.9 Å². The summed E-state index contributed by atoms with van der Waals surface area (Å²) in [6, 6.07) is 7.50. The lowest BCUT2D eigenvalue weighted by atomic mass is 10.1. The number of nitrogens with zero attached hydrogens (tertiary/aromatic N) is 6. The molecule has 0 spiro atoms. The van der Waals surface area contributed by atoms with Crippen molar-refractivity contribution in [3.8, 4) is 11.4 Å². The van der Waals surface area contributed by atoms with E-state index in [0.717, 1.165) is 25.1 Å². The number of hydrogen-bond donors (Lipinski definition) is 1. The highest BCUT2D eigenvalue weighted by molar-refractivity contribution is 5.99. The predicted octanol–water partition coefficient (Wildman–Crippen LogP) is -0.489. The minimum atomic E-state index is -0.755. The first kappa shape index (κ1) is 17.3. The molecule has 0 amide bonds. The van der Waals surface area contributed by atoms with Crippen LogP contribution in [0.2, 0.25) is 0 Å². The quantitative estimate of drug-likeness (QED) is 0.625. The van der Waals surface area contributed by atoms with Crippen LogP contribution in [0.15, 0.2) is 33.9 Å². The summed E-state index contributed by atoms with van der Waals surface area (Å²) in [4.78, 5) is 37.7. The van der Waals surface area contributed by atoms with E-state index < -0.39 is 17.0 Å². The van der Waals surface area contributed by atoms with Gasteiger partial charge in [-0.25, -0.2) is 4.79 Å². The van der Waals surface area contributed by atoms with Gasteiger partial charge in [0.15, 0.2) is 5.78 Å². The standard InChI is InChI=1S/C16H17N7O3/c1-9-6-4-5-7-10(9)14-18-20-23(19-14)8-11(24)12-13(17)21(2)16(26)22(3)15(12)25/h4-7H,8,17H2,1-3H3. The molecule has 2 aromatic heterocycles. The van der Waals surface area contributed by atoms with E-state index in [2.05, 4.69) is 15.4 Å². The summed E-state index contributed by atoms with van der Waals surface area (Å²) in [5.41, 5.74) is 5.91. The third-order valence-corrected chi connectivity index (χ3v) is 4.11. The van der Waals surface area contributed by atoms with Crippen LogP contribution in [0.1, 0.15) is 15.9 Å². The van der Waals surface area contributed by atoms with Gasteiger partial charge in [-0.2, -0.15) is 4.80 Å². The van der Waals surface area contributed by atoms with Crippen LogP contribution in [0, 0.1) is 6.92 Å². The molecule has 10 nitrogen and oxygen atoms in total. The number of nitrogens with two attached hydrogens (primary N) is 1. The Kier molecular flexibility index (Phi) is 4.24. The fraction of sp³-hybridized carbons (Fsp3) is 0.250. The Hall–Kier alpha value is -3.56. The van der Waals surface area contributed by atoms with E-state index >= 15 is 0 Å². The lowest BCUT2D eigenvalue weighted by Crippen LogP contribution is -2.42. The van der Waals surface area contributed by atoms with Gasteiger partial charge in [-0.3, -0.25) is 18.7 Å². The number of carbonyl (C=O) groups is 1. The maximum absolute atomic E-state index is 12.5. The first-order valence-electron chi connectivity index (χ1n) is 7.73. The Morgan fingerprint density at radius 1 is 1.15 bits per heavy atom. The smallest absolute Gasteiger partial charge is 0.332 e. The van der Waals surface area contributed by atoms with Crippen LogP contribution in [-0.2, 0) is 20.6 Å². The third-order valence-electron chi connectivity index (χ3n) is 4.11. The van der Waals surface area contributed by atoms with Gasteiger partial charge < -0.3 is 5.73 Å². The number of carbonyl (C=O) groups excluding carboxylic acids is 1. The lowest BCUT2D eigenvalue weighted by Gasteiger charge is -2.10. The Morgan fingerprint density at radius 2 is 1.85 bits per heavy atom. The average Bonchev–Trinajstić information content (AvgIpc) is 3.07. The maximum Gasteiger partial charge on any atom is 0.332 e.